The van der Waals surface area contributed by atoms with Crippen LogP contribution in [0.3, 0.4) is 0 Å². The number of hydrogen-bond donors (Lipinski definition) is 1. The molecule has 2 unspecified atom stereocenters. The molecule has 1 rings (SSSR count). The van der Waals surface area contributed by atoms with Gasteiger partial charge in [-0.2, -0.15) is 0 Å². The van der Waals surface area contributed by atoms with Crippen molar-refractivity contribution in [2.24, 2.45) is 5.73 Å². The number of amides is 1. The number of ether oxygens (including phenoxy) is 1. The first-order valence-corrected chi connectivity index (χ1v) is 5.81. The lowest BCUT2D eigenvalue weighted by Gasteiger charge is -2.32. The van der Waals surface area contributed by atoms with Crippen molar-refractivity contribution >= 4 is 5.91 Å². The van der Waals surface area contributed by atoms with Gasteiger partial charge in [-0.05, 0) is 13.3 Å². The van der Waals surface area contributed by atoms with E-state index in [9.17, 15) is 4.79 Å². The quantitative estimate of drug-likeness (QED) is 0.707. The number of methoxy groups -OCH3 is 1. The van der Waals surface area contributed by atoms with Crippen LogP contribution in [0.25, 0.3) is 0 Å². The van der Waals surface area contributed by atoms with Crippen LogP contribution in [0, 0.1) is 0 Å². The lowest BCUT2D eigenvalue weighted by molar-refractivity contribution is -0.134. The van der Waals surface area contributed by atoms with Crippen molar-refractivity contribution in [2.75, 3.05) is 40.4 Å². The average molecular weight is 229 g/mol. The molecule has 5 nitrogen and oxygen atoms in total. The molecule has 94 valence electrons. The van der Waals surface area contributed by atoms with E-state index in [4.69, 9.17) is 10.5 Å². The second-order valence-electron chi connectivity index (χ2n) is 4.38. The zero-order chi connectivity index (χ0) is 12.1. The summed E-state index contributed by atoms with van der Waals surface area (Å²) in [4.78, 5) is 16.0. The van der Waals surface area contributed by atoms with Crippen molar-refractivity contribution in [1.82, 2.24) is 9.80 Å². The molecule has 5 heteroatoms. The molecule has 0 aromatic carbocycles. The van der Waals surface area contributed by atoms with Crippen LogP contribution < -0.4 is 5.73 Å². The third-order valence-electron chi connectivity index (χ3n) is 3.29. The second kappa shape index (κ2) is 6.18. The molecule has 2 atom stereocenters. The van der Waals surface area contributed by atoms with E-state index in [1.807, 2.05) is 7.05 Å². The highest BCUT2D eigenvalue weighted by Crippen LogP contribution is 2.15. The van der Waals surface area contributed by atoms with Crippen molar-refractivity contribution in [2.45, 2.75) is 25.4 Å². The second-order valence-corrected chi connectivity index (χ2v) is 4.38. The Labute approximate surface area is 97.5 Å². The van der Waals surface area contributed by atoms with Crippen molar-refractivity contribution in [3.63, 3.8) is 0 Å². The molecule has 2 N–H and O–H groups in total. The first-order chi connectivity index (χ1) is 7.61. The first-order valence-electron chi connectivity index (χ1n) is 5.81. The van der Waals surface area contributed by atoms with Gasteiger partial charge in [0.25, 0.3) is 0 Å². The number of hydrogen-bond acceptors (Lipinski definition) is 4. The Morgan fingerprint density at radius 1 is 1.56 bits per heavy atom. The number of carbonyl (C=O) groups excluding carboxylic acids is 1. The topological polar surface area (TPSA) is 58.8 Å². The summed E-state index contributed by atoms with van der Waals surface area (Å²) in [6.45, 7) is 4.72. The Hall–Kier alpha value is -0.650. The molecule has 1 saturated heterocycles. The summed E-state index contributed by atoms with van der Waals surface area (Å²) < 4.78 is 5.08. The number of likely N-dealkylation sites (N-methyl/N-ethyl adjacent to an activating group) is 1. The van der Waals surface area contributed by atoms with Crippen LogP contribution in [-0.4, -0.2) is 68.2 Å². The maximum absolute atomic E-state index is 12.1. The molecule has 0 saturated carbocycles. The summed E-state index contributed by atoms with van der Waals surface area (Å²) in [5.74, 6) is 0.128. The van der Waals surface area contributed by atoms with E-state index < -0.39 is 0 Å². The van der Waals surface area contributed by atoms with Crippen molar-refractivity contribution in [3.05, 3.63) is 0 Å². The number of carbonyl (C=O) groups is 1. The lowest BCUT2D eigenvalue weighted by atomic mass is 10.1. The average Bonchev–Trinajstić information content (AvgIpc) is 2.38. The molecule has 1 fully saturated rings. The normalized spacial score (nSPS) is 28.2. The van der Waals surface area contributed by atoms with Gasteiger partial charge in [-0.3, -0.25) is 9.69 Å². The summed E-state index contributed by atoms with van der Waals surface area (Å²) in [6.07, 6.45) is 0.989. The highest BCUT2D eigenvalue weighted by Gasteiger charge is 2.33. The lowest BCUT2D eigenvalue weighted by Crippen LogP contribution is -2.52. The third-order valence-corrected chi connectivity index (χ3v) is 3.29. The number of nitrogens with zero attached hydrogens (tertiary/aromatic N) is 2. The van der Waals surface area contributed by atoms with Gasteiger partial charge >= 0.3 is 0 Å². The summed E-state index contributed by atoms with van der Waals surface area (Å²) in [5.41, 5.74) is 5.72. The first kappa shape index (κ1) is 13.4. The molecule has 1 aliphatic rings. The zero-order valence-electron chi connectivity index (χ0n) is 10.5. The monoisotopic (exact) mass is 229 g/mol. The van der Waals surface area contributed by atoms with Crippen LogP contribution in [-0.2, 0) is 9.53 Å². The SMILES string of the molecule is COCCN1C(C)CCN(C)C(=O)C1CN. The minimum Gasteiger partial charge on any atom is -0.383 e. The molecule has 0 spiro atoms. The van der Waals surface area contributed by atoms with Crippen LogP contribution in [0.1, 0.15) is 13.3 Å². The van der Waals surface area contributed by atoms with Crippen molar-refractivity contribution in [3.8, 4) is 0 Å². The highest BCUT2D eigenvalue weighted by molar-refractivity contribution is 5.82. The molecule has 0 aromatic heterocycles. The summed E-state index contributed by atoms with van der Waals surface area (Å²) >= 11 is 0. The Bertz CT molecular complexity index is 235. The van der Waals surface area contributed by atoms with E-state index in [2.05, 4.69) is 11.8 Å². The maximum Gasteiger partial charge on any atom is 0.240 e. The molecular weight excluding hydrogens is 206 g/mol. The third kappa shape index (κ3) is 2.93. The van der Waals surface area contributed by atoms with E-state index in [-0.39, 0.29) is 11.9 Å². The molecule has 1 heterocycles. The summed E-state index contributed by atoms with van der Waals surface area (Å²) in [5, 5.41) is 0. The van der Waals surface area contributed by atoms with Crippen LogP contribution >= 0.6 is 0 Å². The molecule has 0 aliphatic carbocycles. The Balaban J connectivity index is 2.77. The summed E-state index contributed by atoms with van der Waals surface area (Å²) in [6, 6.07) is 0.176. The molecule has 0 bridgehead atoms. The zero-order valence-corrected chi connectivity index (χ0v) is 10.5. The number of nitrogens with two attached hydrogens (primary N) is 1. The predicted molar refractivity (Wildman–Crippen MR) is 63.1 cm³/mol. The van der Waals surface area contributed by atoms with Crippen LogP contribution in [0.2, 0.25) is 0 Å². The van der Waals surface area contributed by atoms with Crippen LogP contribution in [0.5, 0.6) is 0 Å². The van der Waals surface area contributed by atoms with E-state index in [1.165, 1.54) is 0 Å². The van der Waals surface area contributed by atoms with Crippen molar-refractivity contribution in [1.29, 1.82) is 0 Å². The fraction of sp³-hybridized carbons (Fsp3) is 0.909. The van der Waals surface area contributed by atoms with Gasteiger partial charge in [-0.15, -0.1) is 0 Å². The summed E-state index contributed by atoms with van der Waals surface area (Å²) in [7, 11) is 3.52. The molecule has 16 heavy (non-hydrogen) atoms. The maximum atomic E-state index is 12.1. The van der Waals surface area contributed by atoms with Crippen molar-refractivity contribution < 1.29 is 9.53 Å². The molecule has 0 aromatic rings. The van der Waals surface area contributed by atoms with E-state index in [0.717, 1.165) is 19.5 Å². The minimum absolute atomic E-state index is 0.128. The minimum atomic E-state index is -0.197. The van der Waals surface area contributed by atoms with Gasteiger partial charge in [-0.1, -0.05) is 0 Å². The van der Waals surface area contributed by atoms with Gasteiger partial charge in [-0.25, -0.2) is 0 Å². The van der Waals surface area contributed by atoms with E-state index >= 15 is 0 Å². The van der Waals surface area contributed by atoms with Gasteiger partial charge in [0.2, 0.25) is 5.91 Å². The van der Waals surface area contributed by atoms with Gasteiger partial charge in [0.1, 0.15) is 6.04 Å². The predicted octanol–water partition coefficient (Wildman–Crippen LogP) is -0.487. The van der Waals surface area contributed by atoms with Crippen LogP contribution in [0.15, 0.2) is 0 Å². The van der Waals surface area contributed by atoms with Gasteiger partial charge in [0, 0.05) is 39.8 Å². The fourth-order valence-electron chi connectivity index (χ4n) is 2.17. The van der Waals surface area contributed by atoms with Gasteiger partial charge < -0.3 is 15.4 Å². The molecule has 1 aliphatic heterocycles. The smallest absolute Gasteiger partial charge is 0.240 e. The van der Waals surface area contributed by atoms with E-state index in [0.29, 0.717) is 19.2 Å². The van der Waals surface area contributed by atoms with Gasteiger partial charge in [0.05, 0.1) is 6.61 Å². The molecular formula is C11H23N3O2. The Morgan fingerprint density at radius 2 is 2.25 bits per heavy atom. The fourth-order valence-corrected chi connectivity index (χ4v) is 2.17. The van der Waals surface area contributed by atoms with Crippen LogP contribution in [0.4, 0.5) is 0 Å². The largest absolute Gasteiger partial charge is 0.383 e. The highest BCUT2D eigenvalue weighted by atomic mass is 16.5. The number of rotatable bonds is 4. The molecule has 0 radical (unpaired) electrons. The molecule has 1 amide bonds. The Kier molecular flexibility index (Phi) is 5.18. The van der Waals surface area contributed by atoms with E-state index in [1.54, 1.807) is 12.0 Å². The Morgan fingerprint density at radius 3 is 2.81 bits per heavy atom. The standard InChI is InChI=1S/C11H23N3O2/c1-9-4-5-13(2)11(15)10(8-12)14(9)6-7-16-3/h9-10H,4-8,12H2,1-3H3. The van der Waals surface area contributed by atoms with Gasteiger partial charge in [0.15, 0.2) is 0 Å².